The smallest absolute Gasteiger partial charge is 0.269 e. The molecule has 1 rings (SSSR count). The molecule has 1 aromatic rings. The fraction of sp³-hybridized carbons (Fsp3) is 0.538. The van der Waals surface area contributed by atoms with Crippen LogP contribution in [0.5, 0.6) is 0 Å². The molecule has 1 heterocycles. The fourth-order valence-electron chi connectivity index (χ4n) is 1.80. The van der Waals surface area contributed by atoms with Gasteiger partial charge in [0, 0.05) is 37.6 Å². The van der Waals surface area contributed by atoms with Gasteiger partial charge in [-0.3, -0.25) is 9.78 Å². The van der Waals surface area contributed by atoms with Gasteiger partial charge in [0.2, 0.25) is 0 Å². The standard InChI is InChI=1S/C13H22N4O/c1-4-15-13(18)12-9-11(5-7-16-12)17(8-6-14)10(2)3/h5,7,9-10H,4,6,8,14H2,1-3H3,(H,15,18). The highest BCUT2D eigenvalue weighted by molar-refractivity contribution is 5.93. The lowest BCUT2D eigenvalue weighted by Gasteiger charge is -2.28. The number of pyridine rings is 1. The summed E-state index contributed by atoms with van der Waals surface area (Å²) in [4.78, 5) is 18.0. The molecule has 0 aliphatic rings. The number of anilines is 1. The van der Waals surface area contributed by atoms with Gasteiger partial charge in [0.1, 0.15) is 5.69 Å². The SMILES string of the molecule is CCNC(=O)c1cc(N(CCN)C(C)C)ccn1. The van der Waals surface area contributed by atoms with Crippen LogP contribution in [0.15, 0.2) is 18.3 Å². The molecule has 0 aliphatic heterocycles. The van der Waals surface area contributed by atoms with Crippen molar-refractivity contribution >= 4 is 11.6 Å². The van der Waals surface area contributed by atoms with Gasteiger partial charge in [-0.05, 0) is 32.9 Å². The van der Waals surface area contributed by atoms with Crippen LogP contribution < -0.4 is 16.0 Å². The molecule has 0 atom stereocenters. The summed E-state index contributed by atoms with van der Waals surface area (Å²) in [6, 6.07) is 4.04. The molecule has 18 heavy (non-hydrogen) atoms. The molecule has 5 heteroatoms. The zero-order valence-electron chi connectivity index (χ0n) is 11.3. The molecule has 0 aliphatic carbocycles. The molecule has 0 saturated carbocycles. The second kappa shape index (κ2) is 6.96. The average molecular weight is 250 g/mol. The second-order valence-corrected chi connectivity index (χ2v) is 4.33. The van der Waals surface area contributed by atoms with E-state index in [0.29, 0.717) is 24.8 Å². The second-order valence-electron chi connectivity index (χ2n) is 4.33. The summed E-state index contributed by atoms with van der Waals surface area (Å²) in [6.07, 6.45) is 1.66. The Hall–Kier alpha value is -1.62. The molecule has 0 saturated heterocycles. The van der Waals surface area contributed by atoms with E-state index in [1.807, 2.05) is 13.0 Å². The topological polar surface area (TPSA) is 71.2 Å². The van der Waals surface area contributed by atoms with Crippen molar-refractivity contribution in [3.8, 4) is 0 Å². The first kappa shape index (κ1) is 14.4. The van der Waals surface area contributed by atoms with Crippen LogP contribution in [0.4, 0.5) is 5.69 Å². The van der Waals surface area contributed by atoms with Crippen molar-refractivity contribution in [1.82, 2.24) is 10.3 Å². The highest BCUT2D eigenvalue weighted by Gasteiger charge is 2.12. The number of carbonyl (C=O) groups is 1. The predicted octanol–water partition coefficient (Wildman–Crippen LogP) is 1.00. The van der Waals surface area contributed by atoms with Gasteiger partial charge in [0.15, 0.2) is 0 Å². The van der Waals surface area contributed by atoms with E-state index in [1.165, 1.54) is 0 Å². The van der Waals surface area contributed by atoms with E-state index in [1.54, 1.807) is 12.3 Å². The van der Waals surface area contributed by atoms with Crippen molar-refractivity contribution < 1.29 is 4.79 Å². The van der Waals surface area contributed by atoms with Crippen LogP contribution in [0.25, 0.3) is 0 Å². The number of aromatic nitrogens is 1. The summed E-state index contributed by atoms with van der Waals surface area (Å²) < 4.78 is 0. The minimum absolute atomic E-state index is 0.143. The largest absolute Gasteiger partial charge is 0.368 e. The van der Waals surface area contributed by atoms with Crippen molar-refractivity contribution in [2.24, 2.45) is 5.73 Å². The normalized spacial score (nSPS) is 10.5. The highest BCUT2D eigenvalue weighted by Crippen LogP contribution is 2.16. The number of hydrogen-bond acceptors (Lipinski definition) is 4. The van der Waals surface area contributed by atoms with Crippen LogP contribution in [-0.4, -0.2) is 36.6 Å². The monoisotopic (exact) mass is 250 g/mol. The van der Waals surface area contributed by atoms with Gasteiger partial charge in [0.05, 0.1) is 0 Å². The molecule has 0 radical (unpaired) electrons. The van der Waals surface area contributed by atoms with Crippen molar-refractivity contribution in [2.45, 2.75) is 26.8 Å². The van der Waals surface area contributed by atoms with E-state index in [0.717, 1.165) is 12.2 Å². The van der Waals surface area contributed by atoms with Gasteiger partial charge in [-0.25, -0.2) is 0 Å². The Bertz CT molecular complexity index is 392. The number of nitrogens with zero attached hydrogens (tertiary/aromatic N) is 2. The molecule has 1 aromatic heterocycles. The van der Waals surface area contributed by atoms with E-state index in [4.69, 9.17) is 5.73 Å². The van der Waals surface area contributed by atoms with Crippen LogP contribution >= 0.6 is 0 Å². The molecule has 5 nitrogen and oxygen atoms in total. The van der Waals surface area contributed by atoms with E-state index < -0.39 is 0 Å². The van der Waals surface area contributed by atoms with E-state index >= 15 is 0 Å². The minimum Gasteiger partial charge on any atom is -0.368 e. The number of nitrogens with two attached hydrogens (primary N) is 1. The summed E-state index contributed by atoms with van der Waals surface area (Å²) in [7, 11) is 0. The molecule has 0 unspecified atom stereocenters. The number of carbonyl (C=O) groups excluding carboxylic acids is 1. The fourth-order valence-corrected chi connectivity index (χ4v) is 1.80. The molecule has 1 amide bonds. The summed E-state index contributed by atoms with van der Waals surface area (Å²) in [5.74, 6) is -0.143. The van der Waals surface area contributed by atoms with Crippen LogP contribution in [0.1, 0.15) is 31.3 Å². The number of rotatable bonds is 6. The zero-order valence-corrected chi connectivity index (χ0v) is 11.3. The Balaban J connectivity index is 2.95. The quantitative estimate of drug-likeness (QED) is 0.790. The van der Waals surface area contributed by atoms with Gasteiger partial charge < -0.3 is 16.0 Å². The Morgan fingerprint density at radius 1 is 1.56 bits per heavy atom. The lowest BCUT2D eigenvalue weighted by molar-refractivity contribution is 0.0951. The first-order chi connectivity index (χ1) is 8.60. The van der Waals surface area contributed by atoms with Gasteiger partial charge in [-0.1, -0.05) is 0 Å². The Morgan fingerprint density at radius 3 is 2.83 bits per heavy atom. The van der Waals surface area contributed by atoms with Crippen LogP contribution in [0.2, 0.25) is 0 Å². The summed E-state index contributed by atoms with van der Waals surface area (Å²) in [6.45, 7) is 8.02. The summed E-state index contributed by atoms with van der Waals surface area (Å²) in [5, 5.41) is 2.74. The van der Waals surface area contributed by atoms with Gasteiger partial charge >= 0.3 is 0 Å². The zero-order chi connectivity index (χ0) is 13.5. The maximum absolute atomic E-state index is 11.7. The lowest BCUT2D eigenvalue weighted by Crippen LogP contribution is -2.35. The number of amides is 1. The van der Waals surface area contributed by atoms with E-state index in [2.05, 4.69) is 29.0 Å². The molecule has 0 spiro atoms. The average Bonchev–Trinajstić information content (AvgIpc) is 2.36. The van der Waals surface area contributed by atoms with Crippen LogP contribution in [0.3, 0.4) is 0 Å². The minimum atomic E-state index is -0.143. The molecule has 100 valence electrons. The lowest BCUT2D eigenvalue weighted by atomic mass is 10.2. The first-order valence-electron chi connectivity index (χ1n) is 6.31. The Morgan fingerprint density at radius 2 is 2.28 bits per heavy atom. The van der Waals surface area contributed by atoms with Crippen LogP contribution in [0, 0.1) is 0 Å². The first-order valence-corrected chi connectivity index (χ1v) is 6.31. The third kappa shape index (κ3) is 3.70. The molecule has 0 fully saturated rings. The maximum atomic E-state index is 11.7. The molecular formula is C13H22N4O. The highest BCUT2D eigenvalue weighted by atomic mass is 16.1. The van der Waals surface area contributed by atoms with Gasteiger partial charge in [0.25, 0.3) is 5.91 Å². The molecule has 0 aromatic carbocycles. The third-order valence-electron chi connectivity index (χ3n) is 2.64. The Kier molecular flexibility index (Phi) is 5.58. The predicted molar refractivity (Wildman–Crippen MR) is 73.8 cm³/mol. The Labute approximate surface area is 108 Å². The molecule has 3 N–H and O–H groups in total. The van der Waals surface area contributed by atoms with Crippen molar-refractivity contribution in [3.63, 3.8) is 0 Å². The van der Waals surface area contributed by atoms with Crippen molar-refractivity contribution in [1.29, 1.82) is 0 Å². The molecular weight excluding hydrogens is 228 g/mol. The molecule has 0 bridgehead atoms. The van der Waals surface area contributed by atoms with E-state index in [-0.39, 0.29) is 5.91 Å². The van der Waals surface area contributed by atoms with Crippen molar-refractivity contribution in [2.75, 3.05) is 24.5 Å². The third-order valence-corrected chi connectivity index (χ3v) is 2.64. The summed E-state index contributed by atoms with van der Waals surface area (Å²) >= 11 is 0. The number of hydrogen-bond donors (Lipinski definition) is 2. The van der Waals surface area contributed by atoms with Gasteiger partial charge in [-0.2, -0.15) is 0 Å². The van der Waals surface area contributed by atoms with Crippen molar-refractivity contribution in [3.05, 3.63) is 24.0 Å². The number of nitrogens with one attached hydrogen (secondary N) is 1. The maximum Gasteiger partial charge on any atom is 0.269 e. The van der Waals surface area contributed by atoms with Crippen LogP contribution in [-0.2, 0) is 0 Å². The van der Waals surface area contributed by atoms with Gasteiger partial charge in [-0.15, -0.1) is 0 Å². The van der Waals surface area contributed by atoms with E-state index in [9.17, 15) is 4.79 Å². The summed E-state index contributed by atoms with van der Waals surface area (Å²) in [5.41, 5.74) is 7.03.